The van der Waals surface area contributed by atoms with Gasteiger partial charge >= 0.3 is 0 Å². The lowest BCUT2D eigenvalue weighted by Gasteiger charge is -2.43. The average molecular weight is 548 g/mol. The number of rotatable bonds is 13. The molecule has 3 rings (SSSR count). The highest BCUT2D eigenvalue weighted by Crippen LogP contribution is 2.41. The summed E-state index contributed by atoms with van der Waals surface area (Å²) in [6, 6.07) is 13.5. The van der Waals surface area contributed by atoms with Gasteiger partial charge in [-0.05, 0) is 82.3 Å². The highest BCUT2D eigenvalue weighted by molar-refractivity contribution is 7.85. The third kappa shape index (κ3) is 8.36. The van der Waals surface area contributed by atoms with E-state index in [0.717, 1.165) is 36.0 Å². The van der Waals surface area contributed by atoms with Crippen LogP contribution in [0.4, 0.5) is 0 Å². The van der Waals surface area contributed by atoms with Crippen LogP contribution < -0.4 is 14.2 Å². The molecule has 1 atom stereocenters. The van der Waals surface area contributed by atoms with Crippen LogP contribution in [0.25, 0.3) is 0 Å². The van der Waals surface area contributed by atoms with Gasteiger partial charge in [-0.25, -0.2) is 0 Å². The van der Waals surface area contributed by atoms with Crippen molar-refractivity contribution in [2.45, 2.75) is 64.9 Å². The van der Waals surface area contributed by atoms with Crippen molar-refractivity contribution >= 4 is 16.0 Å². The Labute approximate surface area is 227 Å². The molecule has 0 aliphatic carbocycles. The van der Waals surface area contributed by atoms with E-state index in [2.05, 4.69) is 0 Å². The van der Waals surface area contributed by atoms with Crippen molar-refractivity contribution in [3.63, 3.8) is 0 Å². The van der Waals surface area contributed by atoms with Crippen molar-refractivity contribution in [1.82, 2.24) is 4.90 Å². The lowest BCUT2D eigenvalue weighted by atomic mass is 9.71. The maximum absolute atomic E-state index is 13.5. The zero-order valence-electron chi connectivity index (χ0n) is 23.2. The predicted molar refractivity (Wildman–Crippen MR) is 148 cm³/mol. The third-order valence-corrected chi connectivity index (χ3v) is 7.18. The van der Waals surface area contributed by atoms with E-state index in [1.165, 1.54) is 0 Å². The molecule has 1 heterocycles. The predicted octanol–water partition coefficient (Wildman–Crippen LogP) is 4.74. The number of piperidine rings is 1. The molecule has 2 aromatic rings. The molecule has 1 saturated heterocycles. The first-order valence-corrected chi connectivity index (χ1v) is 15.1. The van der Waals surface area contributed by atoms with E-state index in [0.29, 0.717) is 44.2 Å². The van der Waals surface area contributed by atoms with Crippen LogP contribution in [-0.2, 0) is 30.9 Å². The summed E-state index contributed by atoms with van der Waals surface area (Å²) in [4.78, 5) is 15.4. The summed E-state index contributed by atoms with van der Waals surface area (Å²) in [5.74, 6) is 2.07. The van der Waals surface area contributed by atoms with Crippen LogP contribution in [0.5, 0.6) is 17.2 Å². The minimum Gasteiger partial charge on any atom is -0.491 e. The van der Waals surface area contributed by atoms with E-state index in [4.69, 9.17) is 18.4 Å². The van der Waals surface area contributed by atoms with Crippen LogP contribution in [0.2, 0.25) is 0 Å². The summed E-state index contributed by atoms with van der Waals surface area (Å²) >= 11 is 0. The van der Waals surface area contributed by atoms with E-state index in [1.807, 2.05) is 75.1 Å². The second-order valence-electron chi connectivity index (χ2n) is 9.99. The molecule has 1 fully saturated rings. The Morgan fingerprint density at radius 3 is 2.47 bits per heavy atom. The molecule has 0 bridgehead atoms. The fraction of sp³-hybridized carbons (Fsp3) is 0.552. The third-order valence-electron chi connectivity index (χ3n) is 6.59. The first kappa shape index (κ1) is 29.8. The van der Waals surface area contributed by atoms with Gasteiger partial charge in [-0.1, -0.05) is 18.2 Å². The molecule has 8 nitrogen and oxygen atoms in total. The van der Waals surface area contributed by atoms with Gasteiger partial charge in [0, 0.05) is 18.5 Å². The second-order valence-corrected chi connectivity index (χ2v) is 11.6. The molecule has 210 valence electrons. The zero-order chi connectivity index (χ0) is 27.8. The van der Waals surface area contributed by atoms with Crippen molar-refractivity contribution in [1.29, 1.82) is 0 Å². The number of ether oxygens (including phenoxy) is 3. The number of carbonyl (C=O) groups excluding carboxylic acids is 1. The number of hydrogen-bond donors (Lipinski definition) is 0. The van der Waals surface area contributed by atoms with Gasteiger partial charge < -0.3 is 19.1 Å². The summed E-state index contributed by atoms with van der Waals surface area (Å²) in [5.41, 5.74) is 1.38. The van der Waals surface area contributed by atoms with Gasteiger partial charge in [0.2, 0.25) is 5.91 Å². The smallest absolute Gasteiger partial charge is 0.264 e. The number of carbonyl (C=O) groups is 1. The lowest BCUT2D eigenvalue weighted by Crippen LogP contribution is -2.49. The first-order chi connectivity index (χ1) is 18.0. The standard InChI is InChI=1S/C29H41NO7S/c1-6-34-26-13-12-24(20-27(26)35-7-2)29(15-17-36-38(5,32)33)14-9-16-30(21-29)28(31)19-23-10-8-11-25(18-23)37-22(3)4/h8,10-13,18,20,22H,6-7,9,14-17,19,21H2,1-5H3/t29-/m1/s1. The maximum Gasteiger partial charge on any atom is 0.264 e. The number of likely N-dealkylation sites (tertiary alicyclic amines) is 1. The van der Waals surface area contributed by atoms with Crippen molar-refractivity contribution in [2.75, 3.05) is 39.2 Å². The highest BCUT2D eigenvalue weighted by Gasteiger charge is 2.39. The molecule has 2 aromatic carbocycles. The molecule has 1 amide bonds. The molecular weight excluding hydrogens is 506 g/mol. The van der Waals surface area contributed by atoms with Crippen LogP contribution in [-0.4, -0.2) is 64.5 Å². The Kier molecular flexibility index (Phi) is 10.4. The summed E-state index contributed by atoms with van der Waals surface area (Å²) in [7, 11) is -3.59. The molecule has 9 heteroatoms. The van der Waals surface area contributed by atoms with E-state index >= 15 is 0 Å². The van der Waals surface area contributed by atoms with Gasteiger partial charge in [0.15, 0.2) is 11.5 Å². The Balaban J connectivity index is 1.88. The minimum absolute atomic E-state index is 0.0239. The lowest BCUT2D eigenvalue weighted by molar-refractivity contribution is -0.132. The van der Waals surface area contributed by atoms with Gasteiger partial charge in [-0.15, -0.1) is 0 Å². The average Bonchev–Trinajstić information content (AvgIpc) is 2.84. The highest BCUT2D eigenvalue weighted by atomic mass is 32.2. The van der Waals surface area contributed by atoms with Crippen molar-refractivity contribution in [2.24, 2.45) is 0 Å². The zero-order valence-corrected chi connectivity index (χ0v) is 24.0. The van der Waals surface area contributed by atoms with Crippen molar-refractivity contribution < 1.29 is 31.6 Å². The first-order valence-electron chi connectivity index (χ1n) is 13.3. The molecule has 0 unspecified atom stereocenters. The quantitative estimate of drug-likeness (QED) is 0.335. The molecular formula is C29H41NO7S. The second kappa shape index (κ2) is 13.3. The normalized spacial score (nSPS) is 17.9. The molecule has 0 radical (unpaired) electrons. The molecule has 1 aliphatic rings. The van der Waals surface area contributed by atoms with Crippen LogP contribution >= 0.6 is 0 Å². The van der Waals surface area contributed by atoms with E-state index in [9.17, 15) is 13.2 Å². The summed E-state index contributed by atoms with van der Waals surface area (Å²) in [6.45, 7) is 9.91. The number of amides is 1. The number of benzene rings is 2. The van der Waals surface area contributed by atoms with E-state index in [1.54, 1.807) is 0 Å². The van der Waals surface area contributed by atoms with Crippen molar-refractivity contribution in [3.05, 3.63) is 53.6 Å². The molecule has 38 heavy (non-hydrogen) atoms. The Morgan fingerprint density at radius 1 is 1.05 bits per heavy atom. The Bertz CT molecular complexity index is 1180. The number of nitrogens with zero attached hydrogens (tertiary/aromatic N) is 1. The number of hydrogen-bond acceptors (Lipinski definition) is 7. The maximum atomic E-state index is 13.5. The van der Waals surface area contributed by atoms with Crippen LogP contribution in [0, 0.1) is 0 Å². The Morgan fingerprint density at radius 2 is 1.79 bits per heavy atom. The minimum atomic E-state index is -3.59. The fourth-order valence-corrected chi connectivity index (χ4v) is 5.37. The van der Waals surface area contributed by atoms with Crippen LogP contribution in [0.1, 0.15) is 58.1 Å². The molecule has 0 N–H and O–H groups in total. The molecule has 0 aromatic heterocycles. The molecule has 1 aliphatic heterocycles. The van der Waals surface area contributed by atoms with E-state index < -0.39 is 15.5 Å². The monoisotopic (exact) mass is 547 g/mol. The van der Waals surface area contributed by atoms with E-state index in [-0.39, 0.29) is 25.0 Å². The van der Waals surface area contributed by atoms with Gasteiger partial charge in [0.25, 0.3) is 10.1 Å². The molecule has 0 saturated carbocycles. The van der Waals surface area contributed by atoms with Gasteiger partial charge in [-0.2, -0.15) is 8.42 Å². The largest absolute Gasteiger partial charge is 0.491 e. The van der Waals surface area contributed by atoms with Crippen LogP contribution in [0.3, 0.4) is 0 Å². The topological polar surface area (TPSA) is 91.4 Å². The summed E-state index contributed by atoms with van der Waals surface area (Å²) < 4.78 is 46.0. The van der Waals surface area contributed by atoms with Crippen LogP contribution in [0.15, 0.2) is 42.5 Å². The van der Waals surface area contributed by atoms with Gasteiger partial charge in [0.05, 0.1) is 38.6 Å². The summed E-state index contributed by atoms with van der Waals surface area (Å²) in [6.07, 6.45) is 3.39. The van der Waals surface area contributed by atoms with Gasteiger partial charge in [0.1, 0.15) is 5.75 Å². The molecule has 0 spiro atoms. The fourth-order valence-electron chi connectivity index (χ4n) is 4.99. The van der Waals surface area contributed by atoms with Gasteiger partial charge in [-0.3, -0.25) is 8.98 Å². The summed E-state index contributed by atoms with van der Waals surface area (Å²) in [5, 5.41) is 0. The Hall–Kier alpha value is -2.78. The SMILES string of the molecule is CCOc1ccc([C@@]2(CCOS(C)(=O)=O)CCCN(C(=O)Cc3cccc(OC(C)C)c3)C2)cc1OCC. The van der Waals surface area contributed by atoms with Crippen molar-refractivity contribution in [3.8, 4) is 17.2 Å².